The summed E-state index contributed by atoms with van der Waals surface area (Å²) in [5, 5.41) is 17.3. The van der Waals surface area contributed by atoms with Crippen LogP contribution in [0.1, 0.15) is 30.0 Å². The minimum absolute atomic E-state index is 0.482. The highest BCUT2D eigenvalue weighted by Crippen LogP contribution is 2.33. The van der Waals surface area contributed by atoms with Crippen LogP contribution < -0.4 is 0 Å². The van der Waals surface area contributed by atoms with Gasteiger partial charge in [-0.2, -0.15) is 5.10 Å². The molecule has 0 fully saturated rings. The van der Waals surface area contributed by atoms with Crippen molar-refractivity contribution in [3.8, 4) is 0 Å². The van der Waals surface area contributed by atoms with Gasteiger partial charge in [0.25, 0.3) is 0 Å². The van der Waals surface area contributed by atoms with Gasteiger partial charge in [0.1, 0.15) is 6.10 Å². The molecule has 1 N–H and O–H groups in total. The number of aliphatic hydroxyl groups excluding tert-OH is 1. The van der Waals surface area contributed by atoms with E-state index in [0.29, 0.717) is 15.7 Å². The maximum absolute atomic E-state index is 10.3. The van der Waals surface area contributed by atoms with Crippen LogP contribution in [0.2, 0.25) is 10.0 Å². The maximum atomic E-state index is 10.3. The van der Waals surface area contributed by atoms with Gasteiger partial charge in [-0.25, -0.2) is 0 Å². The Kier molecular flexibility index (Phi) is 4.09. The third kappa shape index (κ3) is 2.65. The predicted octanol–water partition coefficient (Wildman–Crippen LogP) is 3.74. The topological polar surface area (TPSA) is 38.0 Å². The molecule has 1 atom stereocenters. The highest BCUT2D eigenvalue weighted by Gasteiger charge is 2.20. The Bertz CT molecular complexity index is 509. The molecule has 0 radical (unpaired) electrons. The van der Waals surface area contributed by atoms with Gasteiger partial charge in [0.2, 0.25) is 0 Å². The van der Waals surface area contributed by atoms with E-state index in [9.17, 15) is 5.11 Å². The molecule has 0 aliphatic carbocycles. The van der Waals surface area contributed by atoms with Crippen molar-refractivity contribution < 1.29 is 5.11 Å². The second kappa shape index (κ2) is 5.40. The average molecular weight is 291 g/mol. The first-order chi connectivity index (χ1) is 8.13. The van der Waals surface area contributed by atoms with Gasteiger partial charge in [-0.15, -0.1) is 11.3 Å². The number of aromatic nitrogens is 2. The molecule has 3 nitrogen and oxygen atoms in total. The van der Waals surface area contributed by atoms with Crippen molar-refractivity contribution in [2.75, 3.05) is 0 Å². The second-order valence-electron chi connectivity index (χ2n) is 3.67. The molecule has 0 saturated carbocycles. The lowest BCUT2D eigenvalue weighted by atomic mass is 10.2. The van der Waals surface area contributed by atoms with Crippen LogP contribution in [-0.2, 0) is 6.54 Å². The third-order valence-corrected chi connectivity index (χ3v) is 4.01. The summed E-state index contributed by atoms with van der Waals surface area (Å²) in [5.41, 5.74) is 0.632. The van der Waals surface area contributed by atoms with Crippen molar-refractivity contribution in [3.05, 3.63) is 38.3 Å². The molecule has 0 saturated heterocycles. The smallest absolute Gasteiger partial charge is 0.131 e. The van der Waals surface area contributed by atoms with E-state index in [-0.39, 0.29) is 0 Å². The molecule has 0 aliphatic rings. The van der Waals surface area contributed by atoms with Gasteiger partial charge < -0.3 is 5.11 Å². The van der Waals surface area contributed by atoms with Gasteiger partial charge in [-0.3, -0.25) is 4.68 Å². The zero-order chi connectivity index (χ0) is 12.4. The van der Waals surface area contributed by atoms with Gasteiger partial charge in [-0.05, 0) is 12.5 Å². The molecule has 17 heavy (non-hydrogen) atoms. The molecule has 0 aliphatic heterocycles. The number of thiophene rings is 1. The van der Waals surface area contributed by atoms with Crippen molar-refractivity contribution in [1.82, 2.24) is 9.78 Å². The summed E-state index contributed by atoms with van der Waals surface area (Å²) in [7, 11) is 0. The summed E-state index contributed by atoms with van der Waals surface area (Å²) < 4.78 is 1.74. The highest BCUT2D eigenvalue weighted by atomic mass is 35.5. The van der Waals surface area contributed by atoms with Gasteiger partial charge >= 0.3 is 0 Å². The number of aryl methyl sites for hydroxylation is 1. The largest absolute Gasteiger partial charge is 0.381 e. The van der Waals surface area contributed by atoms with E-state index in [4.69, 9.17) is 23.2 Å². The van der Waals surface area contributed by atoms with Gasteiger partial charge in [-0.1, -0.05) is 30.1 Å². The summed E-state index contributed by atoms with van der Waals surface area (Å²) in [6.07, 6.45) is 1.72. The lowest BCUT2D eigenvalue weighted by molar-refractivity contribution is 0.211. The first-order valence-electron chi connectivity index (χ1n) is 5.26. The van der Waals surface area contributed by atoms with E-state index in [1.807, 2.05) is 6.92 Å². The minimum atomic E-state index is -0.769. The summed E-state index contributed by atoms with van der Waals surface area (Å²) in [6, 6.07) is 1.75. The first-order valence-corrected chi connectivity index (χ1v) is 6.90. The van der Waals surface area contributed by atoms with E-state index in [2.05, 4.69) is 5.10 Å². The molecule has 1 unspecified atom stereocenters. The van der Waals surface area contributed by atoms with E-state index < -0.39 is 6.10 Å². The van der Waals surface area contributed by atoms with Crippen molar-refractivity contribution in [1.29, 1.82) is 0 Å². The number of halogens is 2. The Balaban J connectivity index is 2.35. The maximum Gasteiger partial charge on any atom is 0.131 e. The molecular formula is C11H12Cl2N2OS. The van der Waals surface area contributed by atoms with Crippen LogP contribution in [0.3, 0.4) is 0 Å². The fourth-order valence-corrected chi connectivity index (χ4v) is 2.95. The normalized spacial score (nSPS) is 12.9. The average Bonchev–Trinajstić information content (AvgIpc) is 2.86. The third-order valence-electron chi connectivity index (χ3n) is 2.38. The Hall–Kier alpha value is -0.550. The number of hydrogen-bond acceptors (Lipinski definition) is 3. The number of hydrogen-bond donors (Lipinski definition) is 1. The molecule has 2 aromatic heterocycles. The SMILES string of the molecule is CCCn1ncc(Cl)c1C(O)c1cc(Cl)cs1. The van der Waals surface area contributed by atoms with Crippen molar-refractivity contribution in [2.24, 2.45) is 0 Å². The number of rotatable bonds is 4. The van der Waals surface area contributed by atoms with Crippen LogP contribution in [0.4, 0.5) is 0 Å². The minimum Gasteiger partial charge on any atom is -0.381 e. The molecule has 6 heteroatoms. The Morgan fingerprint density at radius 1 is 1.53 bits per heavy atom. The molecule has 2 rings (SSSR count). The molecule has 0 aromatic carbocycles. The summed E-state index contributed by atoms with van der Waals surface area (Å²) in [5.74, 6) is 0. The van der Waals surface area contributed by atoms with Crippen LogP contribution in [0.25, 0.3) is 0 Å². The van der Waals surface area contributed by atoms with Crippen LogP contribution in [0, 0.1) is 0 Å². The fraction of sp³-hybridized carbons (Fsp3) is 0.364. The van der Waals surface area contributed by atoms with E-state index in [0.717, 1.165) is 17.8 Å². The Labute approximate surface area is 114 Å². The van der Waals surface area contributed by atoms with Crippen molar-refractivity contribution in [2.45, 2.75) is 26.0 Å². The van der Waals surface area contributed by atoms with E-state index in [1.165, 1.54) is 11.3 Å². The van der Waals surface area contributed by atoms with Crippen LogP contribution in [0.5, 0.6) is 0 Å². The van der Waals surface area contributed by atoms with Crippen molar-refractivity contribution >= 4 is 34.5 Å². The first kappa shape index (κ1) is 12.9. The van der Waals surface area contributed by atoms with E-state index >= 15 is 0 Å². The molecule has 0 bridgehead atoms. The van der Waals surface area contributed by atoms with Crippen LogP contribution in [0.15, 0.2) is 17.6 Å². The van der Waals surface area contributed by atoms with Crippen molar-refractivity contribution in [3.63, 3.8) is 0 Å². The summed E-state index contributed by atoms with van der Waals surface area (Å²) in [4.78, 5) is 0.773. The van der Waals surface area contributed by atoms with Crippen LogP contribution >= 0.6 is 34.5 Å². The lowest BCUT2D eigenvalue weighted by Gasteiger charge is -2.12. The number of nitrogens with zero attached hydrogens (tertiary/aromatic N) is 2. The summed E-state index contributed by atoms with van der Waals surface area (Å²) in [6.45, 7) is 2.78. The van der Waals surface area contributed by atoms with Gasteiger partial charge in [0.05, 0.1) is 21.9 Å². The zero-order valence-electron chi connectivity index (χ0n) is 9.23. The standard InChI is InChI=1S/C11H12Cl2N2OS/c1-2-3-15-10(8(13)5-14-15)11(16)9-4-7(12)6-17-9/h4-6,11,16H,2-3H2,1H3. The molecule has 2 heterocycles. The fourth-order valence-electron chi connectivity index (χ4n) is 1.64. The molecule has 92 valence electrons. The quantitative estimate of drug-likeness (QED) is 0.931. The van der Waals surface area contributed by atoms with E-state index in [1.54, 1.807) is 22.3 Å². The van der Waals surface area contributed by atoms with Gasteiger partial charge in [0, 0.05) is 16.8 Å². The molecule has 2 aromatic rings. The number of aliphatic hydroxyl groups is 1. The molecule has 0 amide bonds. The monoisotopic (exact) mass is 290 g/mol. The Morgan fingerprint density at radius 2 is 2.29 bits per heavy atom. The highest BCUT2D eigenvalue weighted by molar-refractivity contribution is 7.10. The zero-order valence-corrected chi connectivity index (χ0v) is 11.6. The second-order valence-corrected chi connectivity index (χ2v) is 5.46. The predicted molar refractivity (Wildman–Crippen MR) is 70.9 cm³/mol. The van der Waals surface area contributed by atoms with Gasteiger partial charge in [0.15, 0.2) is 0 Å². The molecule has 0 spiro atoms. The molecular weight excluding hydrogens is 279 g/mol. The van der Waals surface area contributed by atoms with Crippen LogP contribution in [-0.4, -0.2) is 14.9 Å². The Morgan fingerprint density at radius 3 is 2.88 bits per heavy atom. The lowest BCUT2D eigenvalue weighted by Crippen LogP contribution is -2.09. The summed E-state index contributed by atoms with van der Waals surface area (Å²) >= 11 is 13.3.